The monoisotopic (exact) mass is 420 g/mol. The summed E-state index contributed by atoms with van der Waals surface area (Å²) < 4.78 is 5.81. The third-order valence-electron chi connectivity index (χ3n) is 4.97. The first kappa shape index (κ1) is 22.3. The average molecular weight is 421 g/mol. The van der Waals surface area contributed by atoms with Gasteiger partial charge < -0.3 is 25.6 Å². The smallest absolute Gasteiger partial charge is 0.211 e. The Morgan fingerprint density at radius 1 is 0.935 bits per heavy atom. The van der Waals surface area contributed by atoms with Crippen LogP contribution in [0.25, 0.3) is 0 Å². The van der Waals surface area contributed by atoms with Crippen molar-refractivity contribution in [2.24, 2.45) is 0 Å². The van der Waals surface area contributed by atoms with Gasteiger partial charge >= 0.3 is 0 Å². The quantitative estimate of drug-likeness (QED) is 0.205. The lowest BCUT2D eigenvalue weighted by Crippen LogP contribution is -2.23. The van der Waals surface area contributed by atoms with Crippen LogP contribution in [0.5, 0.6) is 11.5 Å². The summed E-state index contributed by atoms with van der Waals surface area (Å²) in [6.45, 7) is 1.72. The number of aliphatic hydroxyl groups excluding tert-OH is 1. The Morgan fingerprint density at radius 3 is 2.42 bits per heavy atom. The lowest BCUT2D eigenvalue weighted by molar-refractivity contribution is -0.105. The zero-order valence-electron chi connectivity index (χ0n) is 17.3. The number of carbonyl (C=O) groups is 1. The third-order valence-corrected chi connectivity index (χ3v) is 4.97. The van der Waals surface area contributed by atoms with Crippen LogP contribution in [-0.2, 0) is 17.6 Å². The average Bonchev–Trinajstić information content (AvgIpc) is 2.80. The number of benzene rings is 3. The van der Waals surface area contributed by atoms with E-state index in [0.717, 1.165) is 18.6 Å². The van der Waals surface area contributed by atoms with Crippen molar-refractivity contribution < 1.29 is 19.7 Å². The number of nitrogens with one attached hydrogen (secondary N) is 2. The molecule has 0 saturated heterocycles. The van der Waals surface area contributed by atoms with Crippen LogP contribution in [0.2, 0.25) is 0 Å². The molecule has 0 heterocycles. The summed E-state index contributed by atoms with van der Waals surface area (Å²) in [5.74, 6) is 0.818. The van der Waals surface area contributed by atoms with Crippen LogP contribution in [-0.4, -0.2) is 36.3 Å². The molecule has 0 aliphatic heterocycles. The Hall–Kier alpha value is -3.35. The molecule has 6 nitrogen and oxygen atoms in total. The van der Waals surface area contributed by atoms with E-state index in [-0.39, 0.29) is 11.4 Å². The molecule has 4 N–H and O–H groups in total. The summed E-state index contributed by atoms with van der Waals surface area (Å²) >= 11 is 0. The Morgan fingerprint density at radius 2 is 1.68 bits per heavy atom. The van der Waals surface area contributed by atoms with Crippen molar-refractivity contribution in [3.63, 3.8) is 0 Å². The van der Waals surface area contributed by atoms with Crippen LogP contribution in [0.15, 0.2) is 72.8 Å². The Labute approximate surface area is 182 Å². The van der Waals surface area contributed by atoms with Crippen molar-refractivity contribution >= 4 is 12.1 Å². The molecule has 0 bridgehead atoms. The first-order chi connectivity index (χ1) is 15.2. The van der Waals surface area contributed by atoms with Crippen molar-refractivity contribution in [1.29, 1.82) is 0 Å². The molecule has 31 heavy (non-hydrogen) atoms. The molecule has 1 amide bonds. The van der Waals surface area contributed by atoms with Gasteiger partial charge in [0.25, 0.3) is 0 Å². The van der Waals surface area contributed by atoms with Crippen molar-refractivity contribution in [2.45, 2.75) is 18.9 Å². The maximum Gasteiger partial charge on any atom is 0.211 e. The second-order valence-electron chi connectivity index (χ2n) is 7.24. The zero-order chi connectivity index (χ0) is 21.9. The molecule has 6 heteroatoms. The predicted octanol–water partition coefficient (Wildman–Crippen LogP) is 3.45. The molecule has 0 radical (unpaired) electrons. The Kier molecular flexibility index (Phi) is 8.46. The normalized spacial score (nSPS) is 11.6. The SMILES string of the molecule is O=CNc1cc([C@@H](O)CNCCc2ccc(OCCc3ccccc3)cc2)ccc1O. The van der Waals surface area contributed by atoms with E-state index in [2.05, 4.69) is 22.8 Å². The van der Waals surface area contributed by atoms with Gasteiger partial charge in [-0.2, -0.15) is 0 Å². The van der Waals surface area contributed by atoms with E-state index in [9.17, 15) is 15.0 Å². The molecular formula is C25H28N2O4. The number of hydrogen-bond acceptors (Lipinski definition) is 5. The number of phenolic OH excluding ortho intramolecular Hbond substituents is 1. The van der Waals surface area contributed by atoms with Gasteiger partial charge in [0.2, 0.25) is 6.41 Å². The maximum atomic E-state index is 10.6. The fraction of sp³-hybridized carbons (Fsp3) is 0.240. The molecule has 0 saturated carbocycles. The molecule has 0 spiro atoms. The van der Waals surface area contributed by atoms with Gasteiger partial charge in [0.1, 0.15) is 11.5 Å². The first-order valence-corrected chi connectivity index (χ1v) is 10.3. The molecule has 0 aromatic heterocycles. The predicted molar refractivity (Wildman–Crippen MR) is 121 cm³/mol. The summed E-state index contributed by atoms with van der Waals surface area (Å²) in [5, 5.41) is 25.7. The number of aromatic hydroxyl groups is 1. The first-order valence-electron chi connectivity index (χ1n) is 10.3. The van der Waals surface area contributed by atoms with E-state index >= 15 is 0 Å². The maximum absolute atomic E-state index is 10.6. The molecule has 0 aliphatic carbocycles. The lowest BCUT2D eigenvalue weighted by Gasteiger charge is -2.14. The number of rotatable bonds is 12. The van der Waals surface area contributed by atoms with Crippen LogP contribution in [0.4, 0.5) is 5.69 Å². The second-order valence-corrected chi connectivity index (χ2v) is 7.24. The van der Waals surface area contributed by atoms with Crippen molar-refractivity contribution in [3.8, 4) is 11.5 Å². The number of carbonyl (C=O) groups excluding carboxylic acids is 1. The van der Waals surface area contributed by atoms with Gasteiger partial charge in [0.15, 0.2) is 0 Å². The Balaban J connectivity index is 1.37. The summed E-state index contributed by atoms with van der Waals surface area (Å²) in [7, 11) is 0. The highest BCUT2D eigenvalue weighted by Crippen LogP contribution is 2.26. The second kappa shape index (κ2) is 11.7. The highest BCUT2D eigenvalue weighted by molar-refractivity contribution is 5.75. The van der Waals surface area contributed by atoms with Gasteiger partial charge in [-0.15, -0.1) is 0 Å². The number of amides is 1. The number of anilines is 1. The molecule has 3 aromatic rings. The standard InChI is InChI=1S/C25H28N2O4/c28-18-27-23-16-21(8-11-24(23)29)25(30)17-26-14-12-20-6-9-22(10-7-20)31-15-13-19-4-2-1-3-5-19/h1-11,16,18,25-26,29-30H,12-15,17H2,(H,27,28)/t25-/m0/s1. The molecule has 1 atom stereocenters. The largest absolute Gasteiger partial charge is 0.506 e. The fourth-order valence-corrected chi connectivity index (χ4v) is 3.21. The number of aliphatic hydroxyl groups is 1. The summed E-state index contributed by atoms with van der Waals surface area (Å²) in [5.41, 5.74) is 3.33. The van der Waals surface area contributed by atoms with E-state index in [0.29, 0.717) is 31.7 Å². The summed E-state index contributed by atoms with van der Waals surface area (Å²) in [6.07, 6.45) is 1.45. The topological polar surface area (TPSA) is 90.8 Å². The molecular weight excluding hydrogens is 392 g/mol. The number of ether oxygens (including phenoxy) is 1. The van der Waals surface area contributed by atoms with E-state index in [1.807, 2.05) is 42.5 Å². The van der Waals surface area contributed by atoms with Crippen molar-refractivity contribution in [1.82, 2.24) is 5.32 Å². The van der Waals surface area contributed by atoms with Crippen molar-refractivity contribution in [3.05, 3.63) is 89.5 Å². The van der Waals surface area contributed by atoms with Crippen LogP contribution in [0.3, 0.4) is 0 Å². The minimum Gasteiger partial charge on any atom is -0.506 e. The highest BCUT2D eigenvalue weighted by Gasteiger charge is 2.10. The van der Waals surface area contributed by atoms with E-state index < -0.39 is 6.10 Å². The molecule has 0 aliphatic rings. The summed E-state index contributed by atoms with van der Waals surface area (Å²) in [6, 6.07) is 23.0. The molecule has 162 valence electrons. The molecule has 3 rings (SSSR count). The van der Waals surface area contributed by atoms with E-state index in [1.54, 1.807) is 12.1 Å². The Bertz CT molecular complexity index is 945. The number of phenols is 1. The number of hydrogen-bond donors (Lipinski definition) is 4. The molecule has 0 fully saturated rings. The highest BCUT2D eigenvalue weighted by atomic mass is 16.5. The van der Waals surface area contributed by atoms with Gasteiger partial charge in [-0.3, -0.25) is 4.79 Å². The van der Waals surface area contributed by atoms with Gasteiger partial charge in [0, 0.05) is 13.0 Å². The fourth-order valence-electron chi connectivity index (χ4n) is 3.21. The van der Waals surface area contributed by atoms with Crippen LogP contribution < -0.4 is 15.4 Å². The van der Waals surface area contributed by atoms with Crippen molar-refractivity contribution in [2.75, 3.05) is 25.0 Å². The molecule has 0 unspecified atom stereocenters. The van der Waals surface area contributed by atoms with Gasteiger partial charge in [-0.1, -0.05) is 48.5 Å². The van der Waals surface area contributed by atoms with E-state index in [4.69, 9.17) is 4.74 Å². The third kappa shape index (κ3) is 7.13. The van der Waals surface area contributed by atoms with Crippen LogP contribution >= 0.6 is 0 Å². The minimum absolute atomic E-state index is 0.0384. The van der Waals surface area contributed by atoms with Crippen LogP contribution in [0.1, 0.15) is 22.8 Å². The van der Waals surface area contributed by atoms with Gasteiger partial charge in [-0.25, -0.2) is 0 Å². The molecule has 3 aromatic carbocycles. The lowest BCUT2D eigenvalue weighted by atomic mass is 10.1. The summed E-state index contributed by atoms with van der Waals surface area (Å²) in [4.78, 5) is 10.6. The minimum atomic E-state index is -0.742. The van der Waals surface area contributed by atoms with E-state index in [1.165, 1.54) is 17.2 Å². The van der Waals surface area contributed by atoms with Gasteiger partial charge in [-0.05, 0) is 53.9 Å². The van der Waals surface area contributed by atoms with Gasteiger partial charge in [0.05, 0.1) is 18.4 Å². The van der Waals surface area contributed by atoms with Crippen LogP contribution in [0, 0.1) is 0 Å². The zero-order valence-corrected chi connectivity index (χ0v) is 17.3.